The average molecular weight is 356 g/mol. The third-order valence-corrected chi connectivity index (χ3v) is 4.32. The summed E-state index contributed by atoms with van der Waals surface area (Å²) in [7, 11) is 0. The van der Waals surface area contributed by atoms with Crippen molar-refractivity contribution in [2.24, 2.45) is 11.7 Å². The van der Waals surface area contributed by atoms with E-state index in [4.69, 9.17) is 10.8 Å². The molecule has 4 unspecified atom stereocenters. The molecule has 0 aromatic carbocycles. The SMILES string of the molecule is CC(NC(=O)C1CCCN1C(=O)C(C)NC(=O)C(N)C(C)C)C(=O)O. The number of hydrogen-bond donors (Lipinski definition) is 4. The number of carbonyl (C=O) groups excluding carboxylic acids is 3. The lowest BCUT2D eigenvalue weighted by molar-refractivity contribution is -0.144. The van der Waals surface area contributed by atoms with Crippen molar-refractivity contribution in [2.45, 2.75) is 64.7 Å². The van der Waals surface area contributed by atoms with Crippen LogP contribution >= 0.6 is 0 Å². The van der Waals surface area contributed by atoms with Gasteiger partial charge < -0.3 is 26.4 Å². The van der Waals surface area contributed by atoms with Gasteiger partial charge in [-0.1, -0.05) is 13.8 Å². The monoisotopic (exact) mass is 356 g/mol. The van der Waals surface area contributed by atoms with Crippen LogP contribution in [0.3, 0.4) is 0 Å². The van der Waals surface area contributed by atoms with Crippen LogP contribution in [-0.4, -0.2) is 64.4 Å². The number of nitrogens with one attached hydrogen (secondary N) is 2. The van der Waals surface area contributed by atoms with Gasteiger partial charge in [0, 0.05) is 6.54 Å². The quantitative estimate of drug-likeness (QED) is 0.463. The molecule has 1 fully saturated rings. The fourth-order valence-corrected chi connectivity index (χ4v) is 2.60. The number of carboxylic acid groups (broad SMARTS) is 1. The highest BCUT2D eigenvalue weighted by molar-refractivity contribution is 5.94. The second-order valence-corrected chi connectivity index (χ2v) is 6.76. The van der Waals surface area contributed by atoms with Gasteiger partial charge in [0.15, 0.2) is 0 Å². The van der Waals surface area contributed by atoms with Crippen LogP contribution in [0.1, 0.15) is 40.5 Å². The average Bonchev–Trinajstić information content (AvgIpc) is 3.02. The van der Waals surface area contributed by atoms with E-state index < -0.39 is 42.0 Å². The second-order valence-electron chi connectivity index (χ2n) is 6.76. The molecule has 1 aliphatic heterocycles. The number of nitrogens with two attached hydrogens (primary N) is 1. The standard InChI is InChI=1S/C16H28N4O5/c1-8(2)12(17)14(22)18-9(3)15(23)20-7-5-6-11(20)13(21)19-10(4)16(24)25/h8-12H,5-7,17H2,1-4H3,(H,18,22)(H,19,21)(H,24,25). The van der Waals surface area contributed by atoms with Crippen molar-refractivity contribution >= 4 is 23.7 Å². The molecule has 0 aromatic heterocycles. The second kappa shape index (κ2) is 8.80. The Morgan fingerprint density at radius 1 is 1.08 bits per heavy atom. The molecule has 1 rings (SSSR count). The van der Waals surface area contributed by atoms with E-state index in [9.17, 15) is 19.2 Å². The molecule has 9 nitrogen and oxygen atoms in total. The minimum atomic E-state index is -1.15. The third-order valence-electron chi connectivity index (χ3n) is 4.32. The molecule has 1 aliphatic rings. The van der Waals surface area contributed by atoms with E-state index in [-0.39, 0.29) is 11.8 Å². The van der Waals surface area contributed by atoms with E-state index in [1.807, 2.05) is 0 Å². The summed E-state index contributed by atoms with van der Waals surface area (Å²) in [6.45, 7) is 6.90. The molecule has 5 N–H and O–H groups in total. The Labute approximate surface area is 147 Å². The molecule has 25 heavy (non-hydrogen) atoms. The minimum Gasteiger partial charge on any atom is -0.480 e. The summed E-state index contributed by atoms with van der Waals surface area (Å²) in [5, 5.41) is 13.8. The molecule has 0 bridgehead atoms. The normalized spacial score (nSPS) is 20.7. The maximum atomic E-state index is 12.6. The fraction of sp³-hybridized carbons (Fsp3) is 0.750. The smallest absolute Gasteiger partial charge is 0.325 e. The first-order valence-corrected chi connectivity index (χ1v) is 8.45. The fourth-order valence-electron chi connectivity index (χ4n) is 2.60. The number of amides is 3. The zero-order valence-electron chi connectivity index (χ0n) is 15.1. The Bertz CT molecular complexity index is 537. The first-order chi connectivity index (χ1) is 11.6. The lowest BCUT2D eigenvalue weighted by Gasteiger charge is -2.28. The highest BCUT2D eigenvalue weighted by Crippen LogP contribution is 2.19. The number of likely N-dealkylation sites (tertiary alicyclic amines) is 1. The third kappa shape index (κ3) is 5.42. The largest absolute Gasteiger partial charge is 0.480 e. The van der Waals surface area contributed by atoms with Crippen LogP contribution in [0, 0.1) is 5.92 Å². The van der Waals surface area contributed by atoms with E-state index in [0.717, 1.165) is 0 Å². The predicted octanol–water partition coefficient (Wildman–Crippen LogP) is -0.945. The van der Waals surface area contributed by atoms with E-state index in [2.05, 4.69) is 10.6 Å². The van der Waals surface area contributed by atoms with Crippen molar-refractivity contribution in [1.29, 1.82) is 0 Å². The molecule has 1 heterocycles. The van der Waals surface area contributed by atoms with Crippen LogP contribution in [0.25, 0.3) is 0 Å². The summed E-state index contributed by atoms with van der Waals surface area (Å²) < 4.78 is 0. The van der Waals surface area contributed by atoms with Crippen LogP contribution in [0.15, 0.2) is 0 Å². The van der Waals surface area contributed by atoms with Gasteiger partial charge in [-0.05, 0) is 32.6 Å². The molecule has 0 aliphatic carbocycles. The highest BCUT2D eigenvalue weighted by Gasteiger charge is 2.37. The summed E-state index contributed by atoms with van der Waals surface area (Å²) in [5.74, 6) is -2.52. The number of carboxylic acids is 1. The summed E-state index contributed by atoms with van der Waals surface area (Å²) >= 11 is 0. The number of rotatable bonds is 7. The molecule has 1 saturated heterocycles. The minimum absolute atomic E-state index is 0.0647. The van der Waals surface area contributed by atoms with Crippen molar-refractivity contribution in [2.75, 3.05) is 6.54 Å². The summed E-state index contributed by atoms with van der Waals surface area (Å²) in [6.07, 6.45) is 1.09. The zero-order valence-corrected chi connectivity index (χ0v) is 15.1. The number of aliphatic carboxylic acids is 1. The molecule has 0 radical (unpaired) electrons. The van der Waals surface area contributed by atoms with Crippen LogP contribution in [0.2, 0.25) is 0 Å². The molecular weight excluding hydrogens is 328 g/mol. The predicted molar refractivity (Wildman–Crippen MR) is 90.4 cm³/mol. The van der Waals surface area contributed by atoms with Gasteiger partial charge in [-0.15, -0.1) is 0 Å². The Morgan fingerprint density at radius 2 is 1.68 bits per heavy atom. The van der Waals surface area contributed by atoms with Gasteiger partial charge in [0.2, 0.25) is 17.7 Å². The first-order valence-electron chi connectivity index (χ1n) is 8.45. The van der Waals surface area contributed by atoms with Gasteiger partial charge in [0.25, 0.3) is 0 Å². The number of carbonyl (C=O) groups is 4. The van der Waals surface area contributed by atoms with Crippen LogP contribution in [0.5, 0.6) is 0 Å². The van der Waals surface area contributed by atoms with Crippen LogP contribution < -0.4 is 16.4 Å². The van der Waals surface area contributed by atoms with Crippen molar-refractivity contribution in [1.82, 2.24) is 15.5 Å². The molecule has 3 amide bonds. The first kappa shape index (κ1) is 20.9. The molecule has 4 atom stereocenters. The van der Waals surface area contributed by atoms with Gasteiger partial charge in [-0.3, -0.25) is 19.2 Å². The highest BCUT2D eigenvalue weighted by atomic mass is 16.4. The van der Waals surface area contributed by atoms with Gasteiger partial charge >= 0.3 is 5.97 Å². The van der Waals surface area contributed by atoms with Crippen molar-refractivity contribution in [3.8, 4) is 0 Å². The van der Waals surface area contributed by atoms with E-state index in [1.165, 1.54) is 11.8 Å². The molecule has 142 valence electrons. The molecular formula is C16H28N4O5. The maximum Gasteiger partial charge on any atom is 0.325 e. The van der Waals surface area contributed by atoms with Gasteiger partial charge in [-0.25, -0.2) is 0 Å². The topological polar surface area (TPSA) is 142 Å². The van der Waals surface area contributed by atoms with E-state index in [1.54, 1.807) is 20.8 Å². The molecule has 9 heteroatoms. The van der Waals surface area contributed by atoms with Crippen molar-refractivity contribution in [3.05, 3.63) is 0 Å². The van der Waals surface area contributed by atoms with Crippen molar-refractivity contribution in [3.63, 3.8) is 0 Å². The summed E-state index contributed by atoms with van der Waals surface area (Å²) in [4.78, 5) is 49.1. The maximum absolute atomic E-state index is 12.6. The Morgan fingerprint density at radius 3 is 2.20 bits per heavy atom. The Balaban J connectivity index is 2.71. The van der Waals surface area contributed by atoms with Crippen LogP contribution in [0.4, 0.5) is 0 Å². The van der Waals surface area contributed by atoms with E-state index >= 15 is 0 Å². The Kier molecular flexibility index (Phi) is 7.35. The van der Waals surface area contributed by atoms with Crippen molar-refractivity contribution < 1.29 is 24.3 Å². The van der Waals surface area contributed by atoms with E-state index in [0.29, 0.717) is 19.4 Å². The lowest BCUT2D eigenvalue weighted by atomic mass is 10.0. The Hall–Kier alpha value is -2.16. The van der Waals surface area contributed by atoms with Gasteiger partial charge in [0.1, 0.15) is 18.1 Å². The molecule has 0 aromatic rings. The summed E-state index contributed by atoms with van der Waals surface area (Å²) in [5.41, 5.74) is 5.76. The van der Waals surface area contributed by atoms with Crippen LogP contribution in [-0.2, 0) is 19.2 Å². The molecule has 0 saturated carbocycles. The van der Waals surface area contributed by atoms with Gasteiger partial charge in [-0.2, -0.15) is 0 Å². The number of nitrogens with zero attached hydrogens (tertiary/aromatic N) is 1. The van der Waals surface area contributed by atoms with Gasteiger partial charge in [0.05, 0.1) is 6.04 Å². The summed E-state index contributed by atoms with van der Waals surface area (Å²) in [6, 6.07) is -3.30. The molecule has 0 spiro atoms. The number of hydrogen-bond acceptors (Lipinski definition) is 5. The lowest BCUT2D eigenvalue weighted by Crippen LogP contribution is -2.56. The zero-order chi connectivity index (χ0) is 19.3.